The third-order valence-corrected chi connectivity index (χ3v) is 11.7. The Morgan fingerprint density at radius 2 is 0.838 bits per heavy atom. The van der Waals surface area contributed by atoms with Gasteiger partial charge in [0.15, 0.2) is 12.4 Å². The normalized spacial score (nSPS) is 13.4. The number of carboxylic acids is 1. The van der Waals surface area contributed by atoms with Crippen LogP contribution in [0.25, 0.3) is 0 Å². The van der Waals surface area contributed by atoms with E-state index in [2.05, 4.69) is 86.8 Å². The smallest absolute Gasteiger partial charge is 0.306 e. The van der Waals surface area contributed by atoms with Crippen molar-refractivity contribution in [3.63, 3.8) is 0 Å². The number of quaternary nitrogens is 1. The maximum absolute atomic E-state index is 12.8. The van der Waals surface area contributed by atoms with Gasteiger partial charge in [-0.3, -0.25) is 9.59 Å². The number of rotatable bonds is 50. The van der Waals surface area contributed by atoms with Gasteiger partial charge >= 0.3 is 11.9 Å². The van der Waals surface area contributed by atoms with Gasteiger partial charge in [0.2, 0.25) is 0 Å². The molecule has 0 aliphatic rings. The number of likely N-dealkylation sites (N-methyl/N-ethyl adjacent to an activating group) is 1. The van der Waals surface area contributed by atoms with Crippen LogP contribution in [0.1, 0.15) is 226 Å². The molecule has 2 unspecified atom stereocenters. The van der Waals surface area contributed by atoms with Crippen LogP contribution >= 0.6 is 0 Å². The van der Waals surface area contributed by atoms with Crippen molar-refractivity contribution < 1.29 is 42.9 Å². The first-order valence-corrected chi connectivity index (χ1v) is 27.6. The largest absolute Gasteiger partial charge is 0.545 e. The van der Waals surface area contributed by atoms with Gasteiger partial charge in [0.25, 0.3) is 0 Å². The molecule has 0 bridgehead atoms. The van der Waals surface area contributed by atoms with E-state index >= 15 is 0 Å². The van der Waals surface area contributed by atoms with Gasteiger partial charge in [0.05, 0.1) is 40.3 Å². The van der Waals surface area contributed by atoms with Crippen molar-refractivity contribution in [1.82, 2.24) is 0 Å². The van der Waals surface area contributed by atoms with Crippen LogP contribution in [-0.2, 0) is 33.3 Å². The van der Waals surface area contributed by atoms with E-state index in [1.54, 1.807) is 0 Å². The molecule has 0 amide bonds. The lowest BCUT2D eigenvalue weighted by atomic mass is 10.0. The van der Waals surface area contributed by atoms with E-state index < -0.39 is 24.3 Å². The summed E-state index contributed by atoms with van der Waals surface area (Å²) in [6.45, 7) is 4.60. The highest BCUT2D eigenvalue weighted by atomic mass is 16.7. The number of ether oxygens (including phenoxy) is 4. The summed E-state index contributed by atoms with van der Waals surface area (Å²) >= 11 is 0. The number of esters is 2. The van der Waals surface area contributed by atoms with E-state index in [-0.39, 0.29) is 38.6 Å². The van der Waals surface area contributed by atoms with Crippen LogP contribution in [0.4, 0.5) is 0 Å². The molecule has 0 heterocycles. The van der Waals surface area contributed by atoms with E-state index in [0.29, 0.717) is 17.4 Å². The standard InChI is InChI=1S/C59H103NO8/c1-6-8-10-12-14-16-18-20-22-24-26-28-30-31-33-35-37-39-41-43-45-47-49-56(61)66-53-55(54-67-59(58(63)64)65-52-51-60(3,4)5)68-57(62)50-48-46-44-42-40-38-36-34-32-29-27-25-23-21-19-17-15-13-11-9-7-2/h9,11,15,17,21,23,27,29,34,36,40,42,55,59H,6-8,10,12-14,16,18-20,22,24-26,28,30-33,35,37-39,41,43-54H2,1-5H3/b11-9-,17-15-,23-21-,29-27-,36-34-,42-40-. The first-order valence-electron chi connectivity index (χ1n) is 27.6. The van der Waals surface area contributed by atoms with Gasteiger partial charge in [-0.2, -0.15) is 0 Å². The molecule has 0 spiro atoms. The zero-order valence-electron chi connectivity index (χ0n) is 44.5. The highest BCUT2D eigenvalue weighted by Crippen LogP contribution is 2.16. The van der Waals surface area contributed by atoms with Gasteiger partial charge in [-0.05, 0) is 64.2 Å². The summed E-state index contributed by atoms with van der Waals surface area (Å²) in [6.07, 6.45) is 60.9. The third-order valence-electron chi connectivity index (χ3n) is 11.7. The van der Waals surface area contributed by atoms with E-state index in [9.17, 15) is 19.5 Å². The molecule has 392 valence electrons. The van der Waals surface area contributed by atoms with Crippen LogP contribution in [0.2, 0.25) is 0 Å². The average molecular weight is 954 g/mol. The second-order valence-electron chi connectivity index (χ2n) is 19.5. The van der Waals surface area contributed by atoms with Crippen molar-refractivity contribution >= 4 is 17.9 Å². The zero-order valence-corrected chi connectivity index (χ0v) is 44.5. The number of carbonyl (C=O) groups is 3. The van der Waals surface area contributed by atoms with Crippen molar-refractivity contribution in [2.75, 3.05) is 47.5 Å². The van der Waals surface area contributed by atoms with Crippen LogP contribution in [-0.4, -0.2) is 82.3 Å². The monoisotopic (exact) mass is 954 g/mol. The second kappa shape index (κ2) is 50.1. The lowest BCUT2D eigenvalue weighted by Gasteiger charge is -2.26. The summed E-state index contributed by atoms with van der Waals surface area (Å²) in [5.74, 6) is -2.34. The average Bonchev–Trinajstić information content (AvgIpc) is 3.30. The van der Waals surface area contributed by atoms with E-state index in [4.69, 9.17) is 18.9 Å². The summed E-state index contributed by atoms with van der Waals surface area (Å²) in [5, 5.41) is 11.8. The zero-order chi connectivity index (χ0) is 49.9. The number of carbonyl (C=O) groups excluding carboxylic acids is 3. The van der Waals surface area contributed by atoms with Gasteiger partial charge in [-0.1, -0.05) is 222 Å². The lowest BCUT2D eigenvalue weighted by Crippen LogP contribution is -2.44. The molecule has 0 fully saturated rings. The minimum absolute atomic E-state index is 0.137. The number of carboxylic acid groups (broad SMARTS) is 1. The van der Waals surface area contributed by atoms with Crippen LogP contribution in [0.3, 0.4) is 0 Å². The molecule has 0 rings (SSSR count). The van der Waals surface area contributed by atoms with Crippen LogP contribution in [0, 0.1) is 0 Å². The number of hydrogen-bond acceptors (Lipinski definition) is 8. The first kappa shape index (κ1) is 64.7. The van der Waals surface area contributed by atoms with E-state index in [1.165, 1.54) is 122 Å². The van der Waals surface area contributed by atoms with Gasteiger partial charge in [0, 0.05) is 12.8 Å². The van der Waals surface area contributed by atoms with Gasteiger partial charge in [-0.15, -0.1) is 0 Å². The van der Waals surface area contributed by atoms with Gasteiger partial charge in [-0.25, -0.2) is 0 Å². The lowest BCUT2D eigenvalue weighted by molar-refractivity contribution is -0.870. The van der Waals surface area contributed by atoms with Gasteiger partial charge < -0.3 is 33.3 Å². The predicted octanol–water partition coefficient (Wildman–Crippen LogP) is 14.5. The molecule has 0 aromatic heterocycles. The summed E-state index contributed by atoms with van der Waals surface area (Å²) in [5.41, 5.74) is 0. The molecule has 68 heavy (non-hydrogen) atoms. The fourth-order valence-electron chi connectivity index (χ4n) is 7.48. The van der Waals surface area contributed by atoms with E-state index in [0.717, 1.165) is 70.6 Å². The summed E-state index contributed by atoms with van der Waals surface area (Å²) < 4.78 is 22.6. The molecule has 2 atom stereocenters. The fraction of sp³-hybridized carbons (Fsp3) is 0.746. The maximum atomic E-state index is 12.8. The van der Waals surface area contributed by atoms with Crippen molar-refractivity contribution in [1.29, 1.82) is 0 Å². The maximum Gasteiger partial charge on any atom is 0.306 e. The van der Waals surface area contributed by atoms with Crippen LogP contribution < -0.4 is 5.11 Å². The molecule has 0 saturated carbocycles. The Bertz CT molecular complexity index is 1340. The highest BCUT2D eigenvalue weighted by molar-refractivity contribution is 5.70. The third kappa shape index (κ3) is 50.6. The Kier molecular flexibility index (Phi) is 47.7. The number of nitrogens with zero attached hydrogens (tertiary/aromatic N) is 1. The number of unbranched alkanes of at least 4 members (excludes halogenated alkanes) is 23. The number of aliphatic carboxylic acids is 1. The first-order chi connectivity index (χ1) is 33.1. The minimum atomic E-state index is -1.64. The SMILES string of the molecule is CC/C=C\C/C=C\C/C=C\C/C=C\C/C=C\C/C=C\CCCCC(=O)OC(COC(=O)CCCCCCCCCCCCCCCCCCCCCCCC)COC(OCC[N+](C)(C)C)C(=O)[O-]. The molecule has 0 radical (unpaired) electrons. The fourth-order valence-corrected chi connectivity index (χ4v) is 7.48. The molecular formula is C59H103NO8. The Morgan fingerprint density at radius 3 is 1.25 bits per heavy atom. The molecule has 0 aliphatic carbocycles. The molecule has 9 heteroatoms. The molecule has 0 aromatic carbocycles. The summed E-state index contributed by atoms with van der Waals surface area (Å²) in [7, 11) is 5.90. The molecule has 9 nitrogen and oxygen atoms in total. The Hall–Kier alpha value is -3.27. The van der Waals surface area contributed by atoms with Crippen LogP contribution in [0.5, 0.6) is 0 Å². The molecule has 0 saturated heterocycles. The molecular weight excluding hydrogens is 851 g/mol. The van der Waals surface area contributed by atoms with Crippen molar-refractivity contribution in [2.24, 2.45) is 0 Å². The molecule has 0 aliphatic heterocycles. The van der Waals surface area contributed by atoms with Crippen molar-refractivity contribution in [2.45, 2.75) is 238 Å². The number of hydrogen-bond donors (Lipinski definition) is 0. The molecule has 0 N–H and O–H groups in total. The minimum Gasteiger partial charge on any atom is -0.545 e. The quantitative estimate of drug-likeness (QED) is 0.0195. The Labute approximate surface area is 417 Å². The van der Waals surface area contributed by atoms with E-state index in [1.807, 2.05) is 21.1 Å². The van der Waals surface area contributed by atoms with Crippen molar-refractivity contribution in [3.8, 4) is 0 Å². The number of allylic oxidation sites excluding steroid dienone is 12. The summed E-state index contributed by atoms with van der Waals surface area (Å²) in [6, 6.07) is 0. The summed E-state index contributed by atoms with van der Waals surface area (Å²) in [4.78, 5) is 37.2. The second-order valence-corrected chi connectivity index (χ2v) is 19.5. The predicted molar refractivity (Wildman–Crippen MR) is 283 cm³/mol. The highest BCUT2D eigenvalue weighted by Gasteiger charge is 2.22. The Balaban J connectivity index is 4.36. The van der Waals surface area contributed by atoms with Crippen molar-refractivity contribution in [3.05, 3.63) is 72.9 Å². The topological polar surface area (TPSA) is 111 Å². The molecule has 0 aromatic rings. The Morgan fingerprint density at radius 1 is 0.456 bits per heavy atom. The van der Waals surface area contributed by atoms with Crippen LogP contribution in [0.15, 0.2) is 72.9 Å². The van der Waals surface area contributed by atoms with Gasteiger partial charge in [0.1, 0.15) is 13.2 Å².